The largest absolute Gasteiger partial charge is 0.424 e. The zero-order chi connectivity index (χ0) is 18.4. The smallest absolute Gasteiger partial charge is 0.317 e. The number of hydrogen-bond acceptors (Lipinski definition) is 6. The summed E-state index contributed by atoms with van der Waals surface area (Å²) >= 11 is 0. The van der Waals surface area contributed by atoms with Crippen molar-refractivity contribution in [2.75, 3.05) is 39.9 Å². The number of aryl methyl sites for hydroxylation is 1. The van der Waals surface area contributed by atoms with Crippen molar-refractivity contribution in [1.29, 1.82) is 0 Å². The fourth-order valence-electron chi connectivity index (χ4n) is 4.08. The Morgan fingerprint density at radius 3 is 2.50 bits per heavy atom. The van der Waals surface area contributed by atoms with Gasteiger partial charge in [0.05, 0.1) is 13.2 Å². The fourth-order valence-corrected chi connectivity index (χ4v) is 4.08. The Labute approximate surface area is 155 Å². The first-order valence-electron chi connectivity index (χ1n) is 9.70. The minimum atomic E-state index is -0.0993. The van der Waals surface area contributed by atoms with Crippen LogP contribution in [0.15, 0.2) is 4.42 Å². The number of carbonyl (C=O) groups is 1. The van der Waals surface area contributed by atoms with Crippen LogP contribution in [-0.4, -0.2) is 71.5 Å². The lowest BCUT2D eigenvalue weighted by molar-refractivity contribution is -0.0279. The third-order valence-electron chi connectivity index (χ3n) is 5.57. The van der Waals surface area contributed by atoms with Gasteiger partial charge >= 0.3 is 6.03 Å². The number of urea groups is 1. The van der Waals surface area contributed by atoms with Gasteiger partial charge in [-0.05, 0) is 12.8 Å². The number of nitrogens with one attached hydrogen (secondary N) is 1. The molecule has 1 N–H and O–H groups in total. The highest BCUT2D eigenvalue weighted by atomic mass is 16.5. The zero-order valence-corrected chi connectivity index (χ0v) is 16.0. The van der Waals surface area contributed by atoms with Crippen LogP contribution in [0, 0.1) is 6.92 Å². The molecule has 2 fully saturated rings. The molecule has 0 radical (unpaired) electrons. The number of amides is 2. The van der Waals surface area contributed by atoms with Gasteiger partial charge in [0.1, 0.15) is 6.54 Å². The Bertz CT molecular complexity index is 577. The lowest BCUT2D eigenvalue weighted by Gasteiger charge is -2.46. The molecule has 0 unspecified atom stereocenters. The summed E-state index contributed by atoms with van der Waals surface area (Å²) in [7, 11) is 1.75. The number of morpholine rings is 1. The summed E-state index contributed by atoms with van der Waals surface area (Å²) in [5.74, 6) is 0.969. The van der Waals surface area contributed by atoms with Crippen molar-refractivity contribution in [2.24, 2.45) is 0 Å². The average molecular weight is 365 g/mol. The molecule has 3 rings (SSSR count). The van der Waals surface area contributed by atoms with Crippen LogP contribution >= 0.6 is 0 Å². The van der Waals surface area contributed by atoms with E-state index in [0.717, 1.165) is 39.1 Å². The van der Waals surface area contributed by atoms with E-state index in [1.54, 1.807) is 18.9 Å². The van der Waals surface area contributed by atoms with Gasteiger partial charge in [0, 0.05) is 39.1 Å². The Balaban J connectivity index is 1.59. The van der Waals surface area contributed by atoms with Gasteiger partial charge in [-0.1, -0.05) is 25.7 Å². The van der Waals surface area contributed by atoms with Crippen molar-refractivity contribution in [3.8, 4) is 0 Å². The molecule has 1 aromatic rings. The van der Waals surface area contributed by atoms with E-state index in [-0.39, 0.29) is 11.6 Å². The Kier molecular flexibility index (Phi) is 6.48. The van der Waals surface area contributed by atoms with Crippen LogP contribution in [0.5, 0.6) is 0 Å². The maximum Gasteiger partial charge on any atom is 0.317 e. The summed E-state index contributed by atoms with van der Waals surface area (Å²) in [5.41, 5.74) is 0.0534. The highest BCUT2D eigenvalue weighted by molar-refractivity contribution is 5.73. The van der Waals surface area contributed by atoms with Crippen LogP contribution in [0.3, 0.4) is 0 Å². The molecule has 0 aromatic carbocycles. The molecule has 2 amide bonds. The molecule has 0 spiro atoms. The molecular formula is C18H31N5O3. The Morgan fingerprint density at radius 2 is 1.88 bits per heavy atom. The van der Waals surface area contributed by atoms with E-state index in [2.05, 4.69) is 20.4 Å². The van der Waals surface area contributed by atoms with E-state index in [0.29, 0.717) is 24.9 Å². The molecule has 1 aliphatic heterocycles. The fraction of sp³-hybridized carbons (Fsp3) is 0.833. The molecule has 1 aromatic heterocycles. The first-order valence-corrected chi connectivity index (χ1v) is 9.70. The molecule has 8 nitrogen and oxygen atoms in total. The SMILES string of the molecule is Cc1nnc(CN(C)C(=O)NCC2(N3CCOCC3)CCCCCC2)o1. The van der Waals surface area contributed by atoms with Gasteiger partial charge in [-0.15, -0.1) is 10.2 Å². The normalized spacial score (nSPS) is 21.2. The highest BCUT2D eigenvalue weighted by Gasteiger charge is 2.38. The van der Waals surface area contributed by atoms with Crippen LogP contribution in [-0.2, 0) is 11.3 Å². The summed E-state index contributed by atoms with van der Waals surface area (Å²) in [6, 6.07) is -0.0993. The average Bonchev–Trinajstić information content (AvgIpc) is 2.92. The summed E-state index contributed by atoms with van der Waals surface area (Å²) < 4.78 is 10.9. The van der Waals surface area contributed by atoms with E-state index in [9.17, 15) is 4.79 Å². The van der Waals surface area contributed by atoms with E-state index in [1.165, 1.54) is 25.7 Å². The monoisotopic (exact) mass is 365 g/mol. The van der Waals surface area contributed by atoms with E-state index < -0.39 is 0 Å². The predicted octanol–water partition coefficient (Wildman–Crippen LogP) is 1.94. The molecule has 0 bridgehead atoms. The summed E-state index contributed by atoms with van der Waals surface area (Å²) in [4.78, 5) is 16.7. The molecule has 8 heteroatoms. The highest BCUT2D eigenvalue weighted by Crippen LogP contribution is 2.32. The van der Waals surface area contributed by atoms with Crippen molar-refractivity contribution in [2.45, 2.75) is 57.5 Å². The van der Waals surface area contributed by atoms with Crippen molar-refractivity contribution in [3.05, 3.63) is 11.8 Å². The quantitative estimate of drug-likeness (QED) is 0.803. The third-order valence-corrected chi connectivity index (χ3v) is 5.57. The topological polar surface area (TPSA) is 83.7 Å². The van der Waals surface area contributed by atoms with Crippen molar-refractivity contribution >= 4 is 6.03 Å². The molecule has 146 valence electrons. The van der Waals surface area contributed by atoms with Gasteiger partial charge in [0.15, 0.2) is 0 Å². The van der Waals surface area contributed by atoms with E-state index in [1.807, 2.05) is 0 Å². The standard InChI is InChI=1S/C18H31N5O3/c1-15-20-21-16(26-15)13-22(2)17(24)19-14-18(7-5-3-4-6-8-18)23-9-11-25-12-10-23/h3-14H2,1-2H3,(H,19,24). The van der Waals surface area contributed by atoms with Gasteiger partial charge in [-0.3, -0.25) is 4.90 Å². The van der Waals surface area contributed by atoms with Gasteiger partial charge in [0.25, 0.3) is 0 Å². The second-order valence-corrected chi connectivity index (χ2v) is 7.47. The first kappa shape index (κ1) is 19.1. The molecule has 2 heterocycles. The number of carbonyl (C=O) groups excluding carboxylic acids is 1. The molecule has 0 atom stereocenters. The van der Waals surface area contributed by atoms with Crippen molar-refractivity contribution in [1.82, 2.24) is 25.3 Å². The second-order valence-electron chi connectivity index (χ2n) is 7.47. The number of hydrogen-bond donors (Lipinski definition) is 1. The van der Waals surface area contributed by atoms with Gasteiger partial charge < -0.3 is 19.4 Å². The van der Waals surface area contributed by atoms with Crippen LogP contribution < -0.4 is 5.32 Å². The molecular weight excluding hydrogens is 334 g/mol. The molecule has 26 heavy (non-hydrogen) atoms. The number of nitrogens with zero attached hydrogens (tertiary/aromatic N) is 4. The minimum Gasteiger partial charge on any atom is -0.424 e. The molecule has 2 aliphatic rings. The van der Waals surface area contributed by atoms with Crippen LogP contribution in [0.1, 0.15) is 50.3 Å². The van der Waals surface area contributed by atoms with Crippen LogP contribution in [0.2, 0.25) is 0 Å². The Hall–Kier alpha value is -1.67. The minimum absolute atomic E-state index is 0.0534. The maximum atomic E-state index is 12.6. The summed E-state index contributed by atoms with van der Waals surface area (Å²) in [5, 5.41) is 10.9. The second kappa shape index (κ2) is 8.81. The van der Waals surface area contributed by atoms with Crippen molar-refractivity contribution in [3.63, 3.8) is 0 Å². The number of ether oxygens (including phenoxy) is 1. The third kappa shape index (κ3) is 4.73. The van der Waals surface area contributed by atoms with Gasteiger partial charge in [0.2, 0.25) is 11.8 Å². The maximum absolute atomic E-state index is 12.6. The van der Waals surface area contributed by atoms with E-state index in [4.69, 9.17) is 9.15 Å². The number of aromatic nitrogens is 2. The Morgan fingerprint density at radius 1 is 1.19 bits per heavy atom. The predicted molar refractivity (Wildman–Crippen MR) is 96.7 cm³/mol. The lowest BCUT2D eigenvalue weighted by atomic mass is 9.87. The molecule has 1 aliphatic carbocycles. The van der Waals surface area contributed by atoms with Gasteiger partial charge in [-0.2, -0.15) is 0 Å². The summed E-state index contributed by atoms with van der Waals surface area (Å²) in [6.45, 7) is 6.21. The molecule has 1 saturated heterocycles. The zero-order valence-electron chi connectivity index (χ0n) is 16.0. The molecule has 1 saturated carbocycles. The van der Waals surface area contributed by atoms with E-state index >= 15 is 0 Å². The van der Waals surface area contributed by atoms with Crippen LogP contribution in [0.4, 0.5) is 4.79 Å². The summed E-state index contributed by atoms with van der Waals surface area (Å²) in [6.07, 6.45) is 7.31. The van der Waals surface area contributed by atoms with Crippen molar-refractivity contribution < 1.29 is 13.9 Å². The lowest BCUT2D eigenvalue weighted by Crippen LogP contribution is -2.59. The number of rotatable bonds is 5. The first-order chi connectivity index (χ1) is 12.6. The van der Waals surface area contributed by atoms with Crippen LogP contribution in [0.25, 0.3) is 0 Å². The van der Waals surface area contributed by atoms with Gasteiger partial charge in [-0.25, -0.2) is 4.79 Å².